The highest BCUT2D eigenvalue weighted by atomic mass is 14.1. The SMILES string of the molecule is CCCCCCCCCCCCCCCCCC[C@@H](CC)CCCc1ccccc1. The number of rotatable bonds is 22. The summed E-state index contributed by atoms with van der Waals surface area (Å²) in [5.41, 5.74) is 1.51. The van der Waals surface area contributed by atoms with Crippen LogP contribution < -0.4 is 0 Å². The second-order valence-electron chi connectivity index (χ2n) is 9.74. The molecule has 1 aromatic rings. The third kappa shape index (κ3) is 17.0. The summed E-state index contributed by atoms with van der Waals surface area (Å²) in [4.78, 5) is 0. The maximum atomic E-state index is 2.39. The van der Waals surface area contributed by atoms with Crippen LogP contribution in [0.4, 0.5) is 0 Å². The summed E-state index contributed by atoms with van der Waals surface area (Å²) in [6.07, 6.45) is 30.3. The standard InChI is InChI=1S/C30H54/c1-3-5-6-7-8-9-10-11-12-13-14-15-16-17-18-20-24-29(4-2)27-23-28-30-25-21-19-22-26-30/h19,21-22,25-26,29H,3-18,20,23-24,27-28H2,1-2H3/t29-/m1/s1. The minimum Gasteiger partial charge on any atom is -0.0654 e. The van der Waals surface area contributed by atoms with Crippen molar-refractivity contribution in [3.05, 3.63) is 35.9 Å². The Bertz CT molecular complexity index is 435. The number of benzene rings is 1. The topological polar surface area (TPSA) is 0 Å². The van der Waals surface area contributed by atoms with Gasteiger partial charge in [0.15, 0.2) is 0 Å². The molecule has 0 saturated carbocycles. The minimum absolute atomic E-state index is 0.959. The minimum atomic E-state index is 0.959. The fourth-order valence-corrected chi connectivity index (χ4v) is 4.77. The highest BCUT2D eigenvalue weighted by molar-refractivity contribution is 5.14. The van der Waals surface area contributed by atoms with E-state index in [1.165, 1.54) is 140 Å². The van der Waals surface area contributed by atoms with Crippen LogP contribution in [0.5, 0.6) is 0 Å². The van der Waals surface area contributed by atoms with Gasteiger partial charge in [0.25, 0.3) is 0 Å². The number of aryl methyl sites for hydroxylation is 1. The highest BCUT2D eigenvalue weighted by Gasteiger charge is 2.06. The van der Waals surface area contributed by atoms with Gasteiger partial charge < -0.3 is 0 Å². The average Bonchev–Trinajstić information content (AvgIpc) is 2.78. The summed E-state index contributed by atoms with van der Waals surface area (Å²) in [6.45, 7) is 4.69. The van der Waals surface area contributed by atoms with Gasteiger partial charge in [0, 0.05) is 0 Å². The molecule has 0 spiro atoms. The molecule has 0 unspecified atom stereocenters. The summed E-state index contributed by atoms with van der Waals surface area (Å²) >= 11 is 0. The average molecular weight is 415 g/mol. The van der Waals surface area contributed by atoms with Crippen LogP contribution in [0.2, 0.25) is 0 Å². The van der Waals surface area contributed by atoms with Gasteiger partial charge in [-0.1, -0.05) is 166 Å². The first-order valence-corrected chi connectivity index (χ1v) is 13.9. The summed E-state index contributed by atoms with van der Waals surface area (Å²) in [6, 6.07) is 11.0. The van der Waals surface area contributed by atoms with Gasteiger partial charge in [-0.2, -0.15) is 0 Å². The van der Waals surface area contributed by atoms with Gasteiger partial charge >= 0.3 is 0 Å². The van der Waals surface area contributed by atoms with E-state index in [1.807, 2.05) is 0 Å². The van der Waals surface area contributed by atoms with Crippen LogP contribution >= 0.6 is 0 Å². The van der Waals surface area contributed by atoms with Gasteiger partial charge in [0.2, 0.25) is 0 Å². The summed E-state index contributed by atoms with van der Waals surface area (Å²) < 4.78 is 0. The van der Waals surface area contributed by atoms with Crippen LogP contribution in [0.1, 0.15) is 148 Å². The summed E-state index contributed by atoms with van der Waals surface area (Å²) in [5, 5.41) is 0. The molecule has 0 bridgehead atoms. The van der Waals surface area contributed by atoms with Crippen molar-refractivity contribution in [2.24, 2.45) is 5.92 Å². The monoisotopic (exact) mass is 414 g/mol. The van der Waals surface area contributed by atoms with Crippen molar-refractivity contribution in [2.45, 2.75) is 149 Å². The third-order valence-electron chi connectivity index (χ3n) is 6.96. The zero-order chi connectivity index (χ0) is 21.5. The lowest BCUT2D eigenvalue weighted by Gasteiger charge is -2.14. The number of unbranched alkanes of at least 4 members (excludes halogenated alkanes) is 15. The second kappa shape index (κ2) is 21.5. The van der Waals surface area contributed by atoms with Gasteiger partial charge in [0.1, 0.15) is 0 Å². The lowest BCUT2D eigenvalue weighted by Crippen LogP contribution is -2.00. The van der Waals surface area contributed by atoms with Crippen LogP contribution in [0.15, 0.2) is 30.3 Å². The zero-order valence-corrected chi connectivity index (χ0v) is 20.8. The molecular formula is C30H54. The lowest BCUT2D eigenvalue weighted by molar-refractivity contribution is 0.401. The van der Waals surface area contributed by atoms with Gasteiger partial charge in [0.05, 0.1) is 0 Å². The van der Waals surface area contributed by atoms with Gasteiger partial charge in [-0.25, -0.2) is 0 Å². The van der Waals surface area contributed by atoms with E-state index in [-0.39, 0.29) is 0 Å². The van der Waals surface area contributed by atoms with E-state index in [0.29, 0.717) is 0 Å². The normalized spacial score (nSPS) is 12.3. The molecule has 174 valence electrons. The molecule has 0 aromatic heterocycles. The van der Waals surface area contributed by atoms with E-state index in [1.54, 1.807) is 0 Å². The Hall–Kier alpha value is -0.780. The van der Waals surface area contributed by atoms with Crippen molar-refractivity contribution in [3.63, 3.8) is 0 Å². The van der Waals surface area contributed by atoms with Crippen molar-refractivity contribution in [2.75, 3.05) is 0 Å². The van der Waals surface area contributed by atoms with Crippen molar-refractivity contribution in [1.29, 1.82) is 0 Å². The predicted molar refractivity (Wildman–Crippen MR) is 137 cm³/mol. The molecule has 30 heavy (non-hydrogen) atoms. The Morgan fingerprint density at radius 3 is 1.40 bits per heavy atom. The van der Waals surface area contributed by atoms with Crippen LogP contribution in [-0.4, -0.2) is 0 Å². The van der Waals surface area contributed by atoms with Crippen LogP contribution in [0.3, 0.4) is 0 Å². The Labute approximate surface area is 190 Å². The molecule has 0 heterocycles. The van der Waals surface area contributed by atoms with E-state index >= 15 is 0 Å². The van der Waals surface area contributed by atoms with Crippen LogP contribution in [0, 0.1) is 5.92 Å². The first-order chi connectivity index (χ1) is 14.9. The van der Waals surface area contributed by atoms with Gasteiger partial charge in [-0.15, -0.1) is 0 Å². The molecule has 0 aliphatic heterocycles. The molecule has 0 saturated heterocycles. The quantitative estimate of drug-likeness (QED) is 0.165. The molecule has 0 radical (unpaired) electrons. The summed E-state index contributed by atoms with van der Waals surface area (Å²) in [7, 11) is 0. The Kier molecular flexibility index (Phi) is 19.5. The van der Waals surface area contributed by atoms with E-state index in [2.05, 4.69) is 44.2 Å². The van der Waals surface area contributed by atoms with Crippen molar-refractivity contribution in [1.82, 2.24) is 0 Å². The smallest absolute Gasteiger partial charge is 0.0279 e. The van der Waals surface area contributed by atoms with Crippen molar-refractivity contribution >= 4 is 0 Å². The molecule has 0 aliphatic carbocycles. The molecule has 0 aliphatic rings. The molecule has 0 amide bonds. The van der Waals surface area contributed by atoms with Crippen molar-refractivity contribution < 1.29 is 0 Å². The van der Waals surface area contributed by atoms with Crippen LogP contribution in [-0.2, 0) is 6.42 Å². The molecule has 1 aromatic carbocycles. The molecule has 1 rings (SSSR count). The Morgan fingerprint density at radius 2 is 0.933 bits per heavy atom. The Balaban J connectivity index is 1.80. The predicted octanol–water partition coefficient (Wildman–Crippen LogP) is 10.7. The van der Waals surface area contributed by atoms with E-state index in [0.717, 1.165) is 5.92 Å². The lowest BCUT2D eigenvalue weighted by atomic mass is 9.92. The van der Waals surface area contributed by atoms with Crippen molar-refractivity contribution in [3.8, 4) is 0 Å². The maximum absolute atomic E-state index is 2.39. The molecule has 1 atom stereocenters. The first-order valence-electron chi connectivity index (χ1n) is 13.9. The van der Waals surface area contributed by atoms with Gasteiger partial charge in [-0.3, -0.25) is 0 Å². The largest absolute Gasteiger partial charge is 0.0654 e. The molecule has 0 heteroatoms. The fraction of sp³-hybridized carbons (Fsp3) is 0.800. The Morgan fingerprint density at radius 1 is 0.500 bits per heavy atom. The summed E-state index contributed by atoms with van der Waals surface area (Å²) in [5.74, 6) is 0.959. The molecule has 0 fully saturated rings. The third-order valence-corrected chi connectivity index (χ3v) is 6.96. The van der Waals surface area contributed by atoms with E-state index in [4.69, 9.17) is 0 Å². The zero-order valence-electron chi connectivity index (χ0n) is 20.8. The fourth-order valence-electron chi connectivity index (χ4n) is 4.77. The molecule has 0 N–H and O–H groups in total. The van der Waals surface area contributed by atoms with Crippen LogP contribution in [0.25, 0.3) is 0 Å². The molecule has 0 nitrogen and oxygen atoms in total. The van der Waals surface area contributed by atoms with E-state index < -0.39 is 0 Å². The van der Waals surface area contributed by atoms with Gasteiger partial charge in [-0.05, 0) is 24.3 Å². The second-order valence-corrected chi connectivity index (χ2v) is 9.74. The molecular weight excluding hydrogens is 360 g/mol. The highest BCUT2D eigenvalue weighted by Crippen LogP contribution is 2.21. The maximum Gasteiger partial charge on any atom is -0.0279 e. The number of hydrogen-bond donors (Lipinski definition) is 0. The first kappa shape index (κ1) is 27.3. The van der Waals surface area contributed by atoms with E-state index in [9.17, 15) is 0 Å². The number of hydrogen-bond acceptors (Lipinski definition) is 0.